The van der Waals surface area contributed by atoms with Gasteiger partial charge in [0, 0.05) is 45.1 Å². The number of hydrogen-bond acceptors (Lipinski definition) is 4. The monoisotopic (exact) mass is 700 g/mol. The van der Waals surface area contributed by atoms with Crippen LogP contribution in [0.3, 0.4) is 0 Å². The summed E-state index contributed by atoms with van der Waals surface area (Å²) in [6.45, 7) is 6.72. The molecule has 9 rings (SSSR count). The van der Waals surface area contributed by atoms with E-state index in [0.29, 0.717) is 12.2 Å². The van der Waals surface area contributed by atoms with Crippen LogP contribution in [0.5, 0.6) is 0 Å². The van der Waals surface area contributed by atoms with Crippen LogP contribution in [0.4, 0.5) is 34.1 Å². The third kappa shape index (κ3) is 5.59. The highest BCUT2D eigenvalue weighted by Gasteiger charge is 2.39. The predicted octanol–water partition coefficient (Wildman–Crippen LogP) is 13.4. The SMILES string of the molecule is CCOC(=O)c1c2c(cc3cc(N(c4ccccc4)c4ccccc4)ccc13)C(C)(C)c1cc3cc(N(c4ccccc4)c4ccccc4)ccc3cc1-2. The van der Waals surface area contributed by atoms with E-state index in [2.05, 4.69) is 175 Å². The lowest BCUT2D eigenvalue weighted by Gasteiger charge is -2.27. The maximum atomic E-state index is 14.1. The number of rotatable bonds is 8. The normalized spacial score (nSPS) is 12.6. The number of ether oxygens (including phenoxy) is 1. The van der Waals surface area contributed by atoms with Gasteiger partial charge < -0.3 is 14.5 Å². The van der Waals surface area contributed by atoms with Crippen LogP contribution in [0.25, 0.3) is 32.7 Å². The van der Waals surface area contributed by atoms with Crippen molar-refractivity contribution in [1.29, 1.82) is 0 Å². The van der Waals surface area contributed by atoms with E-state index in [1.54, 1.807) is 0 Å². The van der Waals surface area contributed by atoms with Crippen LogP contribution in [-0.2, 0) is 10.2 Å². The fraction of sp³-hybridized carbons (Fsp3) is 0.100. The van der Waals surface area contributed by atoms with Gasteiger partial charge in [-0.1, -0.05) is 98.8 Å². The topological polar surface area (TPSA) is 32.8 Å². The second-order valence-electron chi connectivity index (χ2n) is 14.4. The van der Waals surface area contributed by atoms with Gasteiger partial charge in [-0.15, -0.1) is 0 Å². The number of esters is 1. The zero-order valence-electron chi connectivity index (χ0n) is 30.7. The van der Waals surface area contributed by atoms with Crippen LogP contribution in [-0.4, -0.2) is 12.6 Å². The lowest BCUT2D eigenvalue weighted by molar-refractivity contribution is 0.0529. The molecule has 0 saturated heterocycles. The standard InChI is InChI=1S/C50H40N2O2/c1-4-54-49(53)48-43-28-27-42(52(39-21-13-7-14-22-39)40-23-15-8-16-24-40)30-36(43)33-46-47(48)44-31-34-25-26-41(29-35(34)32-45(44)50(46,2)3)51(37-17-9-5-10-18-37)38-19-11-6-12-20-38/h5-33H,4H2,1-3H3. The third-order valence-corrected chi connectivity index (χ3v) is 10.8. The molecule has 0 unspecified atom stereocenters. The highest BCUT2D eigenvalue weighted by atomic mass is 16.5. The van der Waals surface area contributed by atoms with Gasteiger partial charge in [-0.25, -0.2) is 4.79 Å². The first-order chi connectivity index (χ1) is 26.4. The number of benzene rings is 8. The summed E-state index contributed by atoms with van der Waals surface area (Å²) in [5.74, 6) is -0.296. The highest BCUT2D eigenvalue weighted by Crippen LogP contribution is 2.54. The van der Waals surface area contributed by atoms with E-state index in [-0.39, 0.29) is 11.4 Å². The molecule has 0 fully saturated rings. The molecule has 4 heteroatoms. The molecule has 1 aliphatic carbocycles. The van der Waals surface area contributed by atoms with Gasteiger partial charge in [0.05, 0.1) is 12.2 Å². The van der Waals surface area contributed by atoms with E-state index < -0.39 is 0 Å². The minimum atomic E-state index is -0.378. The van der Waals surface area contributed by atoms with Gasteiger partial charge in [0.25, 0.3) is 0 Å². The molecule has 0 saturated carbocycles. The molecule has 0 spiro atoms. The molecule has 262 valence electrons. The summed E-state index contributed by atoms with van der Waals surface area (Å²) in [7, 11) is 0. The Kier molecular flexibility index (Phi) is 8.24. The fourth-order valence-electron chi connectivity index (χ4n) is 8.22. The molecule has 0 radical (unpaired) electrons. The number of fused-ring (bicyclic) bond motifs is 5. The molecule has 0 N–H and O–H groups in total. The van der Waals surface area contributed by atoms with Crippen molar-refractivity contribution in [1.82, 2.24) is 0 Å². The molecule has 0 aromatic heterocycles. The van der Waals surface area contributed by atoms with E-state index in [1.807, 2.05) is 31.2 Å². The smallest absolute Gasteiger partial charge is 0.339 e. The van der Waals surface area contributed by atoms with E-state index >= 15 is 0 Å². The molecule has 4 nitrogen and oxygen atoms in total. The van der Waals surface area contributed by atoms with E-state index in [4.69, 9.17) is 4.74 Å². The summed E-state index contributed by atoms with van der Waals surface area (Å²) < 4.78 is 5.82. The van der Waals surface area contributed by atoms with E-state index in [1.165, 1.54) is 5.56 Å². The quantitative estimate of drug-likeness (QED) is 0.148. The maximum Gasteiger partial charge on any atom is 0.339 e. The summed E-state index contributed by atoms with van der Waals surface area (Å²) in [6.07, 6.45) is 0. The number of carbonyl (C=O) groups is 1. The van der Waals surface area contributed by atoms with Gasteiger partial charge >= 0.3 is 5.97 Å². The highest BCUT2D eigenvalue weighted by molar-refractivity contribution is 6.14. The van der Waals surface area contributed by atoms with Gasteiger partial charge in [0.15, 0.2) is 0 Å². The van der Waals surface area contributed by atoms with Crippen LogP contribution in [0.2, 0.25) is 0 Å². The summed E-state index contributed by atoms with van der Waals surface area (Å²) in [4.78, 5) is 18.7. The van der Waals surface area contributed by atoms with Crippen LogP contribution >= 0.6 is 0 Å². The van der Waals surface area contributed by atoms with Gasteiger partial charge in [-0.2, -0.15) is 0 Å². The van der Waals surface area contributed by atoms with Gasteiger partial charge in [-0.3, -0.25) is 0 Å². The Labute approximate surface area is 316 Å². The van der Waals surface area contributed by atoms with Gasteiger partial charge in [-0.05, 0) is 136 Å². The van der Waals surface area contributed by atoms with Crippen molar-refractivity contribution < 1.29 is 9.53 Å². The lowest BCUT2D eigenvalue weighted by Crippen LogP contribution is -2.16. The summed E-state index contributed by atoms with van der Waals surface area (Å²) >= 11 is 0. The van der Waals surface area contributed by atoms with Crippen molar-refractivity contribution in [3.8, 4) is 11.1 Å². The number of hydrogen-bond donors (Lipinski definition) is 0. The first kappa shape index (κ1) is 33.2. The van der Waals surface area contributed by atoms with Gasteiger partial charge in [0.2, 0.25) is 0 Å². The first-order valence-electron chi connectivity index (χ1n) is 18.6. The fourth-order valence-corrected chi connectivity index (χ4v) is 8.22. The zero-order valence-corrected chi connectivity index (χ0v) is 30.7. The first-order valence-corrected chi connectivity index (χ1v) is 18.6. The predicted molar refractivity (Wildman–Crippen MR) is 224 cm³/mol. The number of anilines is 6. The Morgan fingerprint density at radius 3 is 1.46 bits per heavy atom. The average Bonchev–Trinajstić information content (AvgIpc) is 3.42. The molecule has 1 aliphatic rings. The minimum absolute atomic E-state index is 0.296. The Morgan fingerprint density at radius 2 is 0.963 bits per heavy atom. The van der Waals surface area contributed by atoms with Crippen molar-refractivity contribution in [2.45, 2.75) is 26.2 Å². The number of carbonyl (C=O) groups excluding carboxylic acids is 1. The summed E-state index contributed by atoms with van der Waals surface area (Å²) in [5.41, 5.74) is 11.1. The molecule has 54 heavy (non-hydrogen) atoms. The molecular weight excluding hydrogens is 661 g/mol. The Hall–Kier alpha value is -6.65. The number of nitrogens with zero attached hydrogens (tertiary/aromatic N) is 2. The largest absolute Gasteiger partial charge is 0.462 e. The van der Waals surface area contributed by atoms with Crippen LogP contribution in [0.15, 0.2) is 176 Å². The van der Waals surface area contributed by atoms with Crippen molar-refractivity contribution in [2.24, 2.45) is 0 Å². The van der Waals surface area contributed by atoms with E-state index in [0.717, 1.165) is 72.4 Å². The lowest BCUT2D eigenvalue weighted by atomic mass is 9.80. The molecule has 0 heterocycles. The molecular formula is C50H40N2O2. The Morgan fingerprint density at radius 1 is 0.500 bits per heavy atom. The van der Waals surface area contributed by atoms with Gasteiger partial charge in [0.1, 0.15) is 0 Å². The van der Waals surface area contributed by atoms with Crippen molar-refractivity contribution in [3.63, 3.8) is 0 Å². The second kappa shape index (κ2) is 13.4. The Balaban J connectivity index is 1.23. The second-order valence-corrected chi connectivity index (χ2v) is 14.4. The zero-order chi connectivity index (χ0) is 36.8. The Bertz CT molecular complexity index is 2580. The number of para-hydroxylation sites is 4. The van der Waals surface area contributed by atoms with Crippen LogP contribution in [0, 0.1) is 0 Å². The average molecular weight is 701 g/mol. The summed E-state index contributed by atoms with van der Waals surface area (Å²) in [6, 6.07) is 61.8. The van der Waals surface area contributed by atoms with Crippen molar-refractivity contribution in [2.75, 3.05) is 16.4 Å². The minimum Gasteiger partial charge on any atom is -0.462 e. The van der Waals surface area contributed by atoms with Crippen molar-refractivity contribution >= 4 is 61.6 Å². The maximum absolute atomic E-state index is 14.1. The molecule has 0 aliphatic heterocycles. The third-order valence-electron chi connectivity index (χ3n) is 10.8. The molecule has 8 aromatic rings. The van der Waals surface area contributed by atoms with Crippen LogP contribution in [0.1, 0.15) is 42.3 Å². The van der Waals surface area contributed by atoms with Crippen LogP contribution < -0.4 is 9.80 Å². The van der Waals surface area contributed by atoms with Crippen molar-refractivity contribution in [3.05, 3.63) is 193 Å². The molecule has 0 amide bonds. The molecule has 0 atom stereocenters. The molecule has 8 aromatic carbocycles. The summed E-state index contributed by atoms with van der Waals surface area (Å²) in [5, 5.41) is 4.15. The van der Waals surface area contributed by atoms with E-state index in [9.17, 15) is 4.79 Å². The molecule has 0 bridgehead atoms.